The first-order valence-electron chi connectivity index (χ1n) is 5.08. The highest BCUT2D eigenvalue weighted by molar-refractivity contribution is 5.71. The van der Waals surface area contributed by atoms with Gasteiger partial charge in [0.05, 0.1) is 12.5 Å². The van der Waals surface area contributed by atoms with Crippen LogP contribution in [0.5, 0.6) is 0 Å². The van der Waals surface area contributed by atoms with Crippen molar-refractivity contribution in [3.8, 4) is 0 Å². The molecule has 0 heterocycles. The van der Waals surface area contributed by atoms with Gasteiger partial charge in [-0.15, -0.1) is 0 Å². The number of aliphatic carboxylic acids is 1. The van der Waals surface area contributed by atoms with Crippen LogP contribution in [0.1, 0.15) is 34.1 Å². The number of alkyl carbamates (subject to hydrolysis) is 1. The number of nitrogens with one attached hydrogen (secondary N) is 1. The summed E-state index contributed by atoms with van der Waals surface area (Å²) in [7, 11) is 0. The van der Waals surface area contributed by atoms with E-state index in [2.05, 4.69) is 5.32 Å². The van der Waals surface area contributed by atoms with Crippen molar-refractivity contribution in [1.82, 2.24) is 5.32 Å². The van der Waals surface area contributed by atoms with Gasteiger partial charge in [0, 0.05) is 6.04 Å². The number of ether oxygens (including phenoxy) is 1. The lowest BCUT2D eigenvalue weighted by Crippen LogP contribution is -2.48. The molecule has 2 unspecified atom stereocenters. The van der Waals surface area contributed by atoms with Gasteiger partial charge in [-0.1, -0.05) is 0 Å². The molecule has 0 spiro atoms. The van der Waals surface area contributed by atoms with Crippen molar-refractivity contribution in [2.45, 2.75) is 51.8 Å². The first-order chi connectivity index (χ1) is 7.11. The number of carbonyl (C=O) groups is 2. The topological polar surface area (TPSA) is 102 Å². The summed E-state index contributed by atoms with van der Waals surface area (Å²) in [6.45, 7) is 6.81. The van der Waals surface area contributed by atoms with E-state index in [9.17, 15) is 9.59 Å². The van der Waals surface area contributed by atoms with Crippen molar-refractivity contribution >= 4 is 12.1 Å². The summed E-state index contributed by atoms with van der Waals surface area (Å²) in [5.41, 5.74) is 4.95. The number of rotatable bonds is 4. The molecule has 0 aromatic rings. The molecule has 0 aliphatic carbocycles. The Kier molecular flexibility index (Phi) is 5.23. The maximum Gasteiger partial charge on any atom is 0.407 e. The summed E-state index contributed by atoms with van der Waals surface area (Å²) < 4.78 is 5.00. The second kappa shape index (κ2) is 5.69. The monoisotopic (exact) mass is 232 g/mol. The number of carboxylic acid groups (broad SMARTS) is 1. The minimum atomic E-state index is -1.02. The maximum atomic E-state index is 11.4. The molecule has 2 atom stereocenters. The fourth-order valence-electron chi connectivity index (χ4n) is 1.02. The summed E-state index contributed by atoms with van der Waals surface area (Å²) in [4.78, 5) is 21.9. The second-order valence-corrected chi connectivity index (χ2v) is 4.71. The number of nitrogens with two attached hydrogens (primary N) is 1. The summed E-state index contributed by atoms with van der Waals surface area (Å²) >= 11 is 0. The third-order valence-electron chi connectivity index (χ3n) is 1.73. The molecular formula is C10H20N2O4. The number of hydrogen-bond acceptors (Lipinski definition) is 4. The highest BCUT2D eigenvalue weighted by Crippen LogP contribution is 2.07. The predicted octanol–water partition coefficient (Wildman–Crippen LogP) is 0.702. The third-order valence-corrected chi connectivity index (χ3v) is 1.73. The van der Waals surface area contributed by atoms with E-state index in [-0.39, 0.29) is 6.42 Å². The molecule has 6 heteroatoms. The second-order valence-electron chi connectivity index (χ2n) is 4.71. The molecule has 16 heavy (non-hydrogen) atoms. The minimum Gasteiger partial charge on any atom is -0.481 e. The van der Waals surface area contributed by atoms with Crippen molar-refractivity contribution in [2.75, 3.05) is 0 Å². The molecule has 0 saturated heterocycles. The summed E-state index contributed by atoms with van der Waals surface area (Å²) in [6, 6.07) is -1.09. The average molecular weight is 232 g/mol. The van der Waals surface area contributed by atoms with Gasteiger partial charge in [-0.25, -0.2) is 4.79 Å². The first-order valence-corrected chi connectivity index (χ1v) is 5.08. The molecule has 0 rings (SSSR count). The molecule has 0 bridgehead atoms. The molecule has 0 fully saturated rings. The molecule has 6 nitrogen and oxygen atoms in total. The maximum absolute atomic E-state index is 11.4. The quantitative estimate of drug-likeness (QED) is 0.662. The molecule has 4 N–H and O–H groups in total. The van der Waals surface area contributed by atoms with Crippen LogP contribution in [-0.4, -0.2) is 34.9 Å². The smallest absolute Gasteiger partial charge is 0.407 e. The minimum absolute atomic E-state index is 0.225. The average Bonchev–Trinajstić information content (AvgIpc) is 1.97. The van der Waals surface area contributed by atoms with Gasteiger partial charge < -0.3 is 20.9 Å². The lowest BCUT2D eigenvalue weighted by Gasteiger charge is -2.24. The molecule has 0 aromatic heterocycles. The van der Waals surface area contributed by atoms with Crippen molar-refractivity contribution < 1.29 is 19.4 Å². The zero-order chi connectivity index (χ0) is 12.9. The number of carbonyl (C=O) groups excluding carboxylic acids is 1. The first kappa shape index (κ1) is 14.7. The van der Waals surface area contributed by atoms with Gasteiger partial charge >= 0.3 is 12.1 Å². The Bertz CT molecular complexity index is 258. The van der Waals surface area contributed by atoms with Crippen LogP contribution in [0, 0.1) is 0 Å². The number of amides is 1. The molecule has 0 aromatic carbocycles. The van der Waals surface area contributed by atoms with Gasteiger partial charge in [0.1, 0.15) is 5.60 Å². The van der Waals surface area contributed by atoms with Crippen LogP contribution >= 0.6 is 0 Å². The molecule has 94 valence electrons. The van der Waals surface area contributed by atoms with Crippen molar-refractivity contribution in [1.29, 1.82) is 0 Å². The molecule has 0 saturated carbocycles. The number of hydrogen-bond donors (Lipinski definition) is 3. The zero-order valence-electron chi connectivity index (χ0n) is 10.1. The molecular weight excluding hydrogens is 212 g/mol. The van der Waals surface area contributed by atoms with Crippen LogP contribution in [-0.2, 0) is 9.53 Å². The van der Waals surface area contributed by atoms with Gasteiger partial charge in [-0.3, -0.25) is 4.79 Å². The van der Waals surface area contributed by atoms with E-state index in [0.29, 0.717) is 0 Å². The van der Waals surface area contributed by atoms with Crippen molar-refractivity contribution in [2.24, 2.45) is 5.73 Å². The van der Waals surface area contributed by atoms with Gasteiger partial charge in [0.25, 0.3) is 0 Å². The summed E-state index contributed by atoms with van der Waals surface area (Å²) in [5, 5.41) is 11.1. The van der Waals surface area contributed by atoms with Gasteiger partial charge in [0.2, 0.25) is 0 Å². The van der Waals surface area contributed by atoms with Crippen LogP contribution in [0.2, 0.25) is 0 Å². The summed E-state index contributed by atoms with van der Waals surface area (Å²) in [6.07, 6.45) is -0.882. The van der Waals surface area contributed by atoms with Gasteiger partial charge in [0.15, 0.2) is 0 Å². The normalized spacial score (nSPS) is 15.1. The fourth-order valence-corrected chi connectivity index (χ4v) is 1.02. The van der Waals surface area contributed by atoms with E-state index < -0.39 is 29.7 Å². The number of carboxylic acids is 1. The van der Waals surface area contributed by atoms with E-state index in [1.807, 2.05) is 0 Å². The Labute approximate surface area is 95.1 Å². The zero-order valence-corrected chi connectivity index (χ0v) is 10.1. The largest absolute Gasteiger partial charge is 0.481 e. The SMILES string of the molecule is CC(N)C(CC(=O)O)NC(=O)OC(C)(C)C. The third kappa shape index (κ3) is 7.05. The van der Waals surface area contributed by atoms with Gasteiger partial charge in [-0.05, 0) is 27.7 Å². The standard InChI is InChI=1S/C10H20N2O4/c1-6(11)7(5-8(13)14)12-9(15)16-10(2,3)4/h6-7H,5,11H2,1-4H3,(H,12,15)(H,13,14). The Morgan fingerprint density at radius 3 is 2.25 bits per heavy atom. The van der Waals surface area contributed by atoms with Crippen LogP contribution in [0.4, 0.5) is 4.79 Å². The fraction of sp³-hybridized carbons (Fsp3) is 0.800. The van der Waals surface area contributed by atoms with Crippen molar-refractivity contribution in [3.63, 3.8) is 0 Å². The van der Waals surface area contributed by atoms with E-state index in [1.54, 1.807) is 27.7 Å². The van der Waals surface area contributed by atoms with E-state index >= 15 is 0 Å². The lowest BCUT2D eigenvalue weighted by molar-refractivity contribution is -0.137. The molecule has 1 amide bonds. The molecule has 0 radical (unpaired) electrons. The van der Waals surface area contributed by atoms with Crippen LogP contribution in [0.3, 0.4) is 0 Å². The lowest BCUT2D eigenvalue weighted by atomic mass is 10.1. The predicted molar refractivity (Wildman–Crippen MR) is 59.1 cm³/mol. The van der Waals surface area contributed by atoms with E-state index in [1.165, 1.54) is 0 Å². The van der Waals surface area contributed by atoms with E-state index in [4.69, 9.17) is 15.6 Å². The Morgan fingerprint density at radius 2 is 1.94 bits per heavy atom. The molecule has 0 aliphatic heterocycles. The highest BCUT2D eigenvalue weighted by Gasteiger charge is 2.23. The Morgan fingerprint density at radius 1 is 1.44 bits per heavy atom. The van der Waals surface area contributed by atoms with Crippen molar-refractivity contribution in [3.05, 3.63) is 0 Å². The molecule has 0 aliphatic rings. The van der Waals surface area contributed by atoms with Crippen LogP contribution < -0.4 is 11.1 Å². The van der Waals surface area contributed by atoms with Gasteiger partial charge in [-0.2, -0.15) is 0 Å². The van der Waals surface area contributed by atoms with Crippen LogP contribution in [0.25, 0.3) is 0 Å². The summed E-state index contributed by atoms with van der Waals surface area (Å²) in [5.74, 6) is -1.02. The van der Waals surface area contributed by atoms with Crippen LogP contribution in [0.15, 0.2) is 0 Å². The highest BCUT2D eigenvalue weighted by atomic mass is 16.6. The van der Waals surface area contributed by atoms with E-state index in [0.717, 1.165) is 0 Å². The Hall–Kier alpha value is -1.30. The Balaban J connectivity index is 4.30.